The Morgan fingerprint density at radius 3 is 2.64 bits per heavy atom. The maximum absolute atomic E-state index is 12.3. The van der Waals surface area contributed by atoms with Gasteiger partial charge in [0.15, 0.2) is 9.84 Å². The molecule has 5 nitrogen and oxygen atoms in total. The van der Waals surface area contributed by atoms with Crippen LogP contribution in [0.1, 0.15) is 37.3 Å². The second-order valence-corrected chi connectivity index (χ2v) is 9.49. The maximum Gasteiger partial charge on any atom is 0.239 e. The van der Waals surface area contributed by atoms with Crippen LogP contribution in [0.5, 0.6) is 0 Å². The first-order valence-corrected chi connectivity index (χ1v) is 11.7. The van der Waals surface area contributed by atoms with Crippen molar-refractivity contribution in [3.8, 4) is 0 Å². The highest BCUT2D eigenvalue weighted by Gasteiger charge is 2.21. The van der Waals surface area contributed by atoms with Gasteiger partial charge in [-0.1, -0.05) is 56.2 Å². The molecule has 0 saturated carbocycles. The van der Waals surface area contributed by atoms with Gasteiger partial charge < -0.3 is 10.2 Å². The van der Waals surface area contributed by atoms with Crippen molar-refractivity contribution < 1.29 is 13.2 Å². The van der Waals surface area contributed by atoms with E-state index in [9.17, 15) is 13.2 Å². The van der Waals surface area contributed by atoms with E-state index in [4.69, 9.17) is 0 Å². The normalized spacial score (nSPS) is 13.4. The number of fused-ring (bicyclic) bond motifs is 1. The Balaban J connectivity index is 1.65. The van der Waals surface area contributed by atoms with Crippen LogP contribution in [0.15, 0.2) is 48.5 Å². The summed E-state index contributed by atoms with van der Waals surface area (Å²) >= 11 is 0. The van der Waals surface area contributed by atoms with Crippen LogP contribution < -0.4 is 10.2 Å². The Kier molecular flexibility index (Phi) is 6.73. The van der Waals surface area contributed by atoms with E-state index >= 15 is 0 Å². The molecule has 1 aliphatic heterocycles. The van der Waals surface area contributed by atoms with Gasteiger partial charge in [-0.3, -0.25) is 4.79 Å². The first-order valence-electron chi connectivity index (χ1n) is 9.89. The third-order valence-corrected chi connectivity index (χ3v) is 6.66. The molecule has 0 saturated heterocycles. The summed E-state index contributed by atoms with van der Waals surface area (Å²) in [5.41, 5.74) is 4.22. The van der Waals surface area contributed by atoms with E-state index in [0.717, 1.165) is 31.4 Å². The monoisotopic (exact) mass is 400 g/mol. The predicted molar refractivity (Wildman–Crippen MR) is 114 cm³/mol. The van der Waals surface area contributed by atoms with Gasteiger partial charge in [0.2, 0.25) is 5.91 Å². The number of benzene rings is 2. The Morgan fingerprint density at radius 2 is 1.82 bits per heavy atom. The summed E-state index contributed by atoms with van der Waals surface area (Å²) < 4.78 is 24.3. The minimum atomic E-state index is -3.37. The molecule has 2 aromatic rings. The van der Waals surface area contributed by atoms with Crippen molar-refractivity contribution in [3.63, 3.8) is 0 Å². The molecular formula is C22H28N2O3S. The Hall–Kier alpha value is -2.34. The Labute approximate surface area is 167 Å². The van der Waals surface area contributed by atoms with Gasteiger partial charge in [0.05, 0.1) is 5.75 Å². The van der Waals surface area contributed by atoms with Crippen LogP contribution in [0.4, 0.5) is 11.4 Å². The summed E-state index contributed by atoms with van der Waals surface area (Å²) in [6, 6.07) is 16.0. The number of hydrogen-bond donors (Lipinski definition) is 1. The van der Waals surface area contributed by atoms with Crippen LogP contribution in [0, 0.1) is 0 Å². The summed E-state index contributed by atoms with van der Waals surface area (Å²) in [4.78, 5) is 14.6. The van der Waals surface area contributed by atoms with E-state index in [0.29, 0.717) is 18.7 Å². The number of carbonyl (C=O) groups is 1. The fraction of sp³-hybridized carbons (Fsp3) is 0.409. The lowest BCUT2D eigenvalue weighted by Crippen LogP contribution is -2.26. The minimum Gasteiger partial charge on any atom is -0.367 e. The molecule has 150 valence electrons. The maximum atomic E-state index is 12.3. The lowest BCUT2D eigenvalue weighted by molar-refractivity contribution is -0.113. The summed E-state index contributed by atoms with van der Waals surface area (Å²) in [5, 5.41) is 2.81. The first-order chi connectivity index (χ1) is 13.5. The highest BCUT2D eigenvalue weighted by molar-refractivity contribution is 7.92. The third-order valence-electron chi connectivity index (χ3n) is 5.05. The van der Waals surface area contributed by atoms with E-state index < -0.39 is 21.5 Å². The number of carbonyl (C=O) groups excluding carboxylic acids is 1. The van der Waals surface area contributed by atoms with Gasteiger partial charge in [-0.15, -0.1) is 0 Å². The van der Waals surface area contributed by atoms with E-state index in [1.807, 2.05) is 37.3 Å². The van der Waals surface area contributed by atoms with Crippen molar-refractivity contribution in [1.29, 1.82) is 0 Å². The van der Waals surface area contributed by atoms with Gasteiger partial charge in [0.1, 0.15) is 5.75 Å². The zero-order chi connectivity index (χ0) is 20.0. The molecule has 0 fully saturated rings. The van der Waals surface area contributed by atoms with E-state index in [-0.39, 0.29) is 5.75 Å². The van der Waals surface area contributed by atoms with Crippen molar-refractivity contribution in [2.24, 2.45) is 0 Å². The van der Waals surface area contributed by atoms with Crippen LogP contribution >= 0.6 is 0 Å². The zero-order valence-corrected chi connectivity index (χ0v) is 17.2. The van der Waals surface area contributed by atoms with Gasteiger partial charge in [0, 0.05) is 24.5 Å². The molecule has 1 amide bonds. The average molecular weight is 401 g/mol. The molecule has 0 radical (unpaired) electrons. The Morgan fingerprint density at radius 1 is 1.07 bits per heavy atom. The Bertz CT molecular complexity index is 925. The molecule has 3 rings (SSSR count). The molecule has 1 aliphatic rings. The smallest absolute Gasteiger partial charge is 0.239 e. The molecule has 2 aromatic carbocycles. The molecule has 28 heavy (non-hydrogen) atoms. The number of nitrogens with zero attached hydrogens (tertiary/aromatic N) is 1. The third kappa shape index (κ3) is 5.35. The molecule has 0 unspecified atom stereocenters. The molecule has 0 spiro atoms. The highest BCUT2D eigenvalue weighted by atomic mass is 32.2. The number of unbranched alkanes of at least 4 members (excludes halogenated alkanes) is 2. The number of hydrogen-bond acceptors (Lipinski definition) is 4. The molecule has 0 bridgehead atoms. The van der Waals surface area contributed by atoms with E-state index in [1.165, 1.54) is 11.3 Å². The van der Waals surface area contributed by atoms with E-state index in [2.05, 4.69) is 28.4 Å². The van der Waals surface area contributed by atoms with Gasteiger partial charge in [-0.05, 0) is 36.1 Å². The lowest BCUT2D eigenvalue weighted by atomic mass is 10.1. The summed E-state index contributed by atoms with van der Waals surface area (Å²) in [5.74, 6) is -0.858. The summed E-state index contributed by atoms with van der Waals surface area (Å²) in [7, 11) is -3.37. The molecule has 0 atom stereocenters. The lowest BCUT2D eigenvalue weighted by Gasteiger charge is -2.21. The SMILES string of the molecule is CCCCCS(=O)(=O)CC(=O)Nc1ccccc1CN1CCc2ccccc21. The summed E-state index contributed by atoms with van der Waals surface area (Å²) in [6.45, 7) is 3.64. The highest BCUT2D eigenvalue weighted by Crippen LogP contribution is 2.30. The largest absolute Gasteiger partial charge is 0.367 e. The number of sulfone groups is 1. The average Bonchev–Trinajstić information content (AvgIpc) is 3.06. The zero-order valence-electron chi connectivity index (χ0n) is 16.4. The second-order valence-electron chi connectivity index (χ2n) is 7.30. The van der Waals surface area contributed by atoms with Crippen molar-refractivity contribution in [2.45, 2.75) is 39.2 Å². The van der Waals surface area contributed by atoms with Gasteiger partial charge >= 0.3 is 0 Å². The number of amides is 1. The predicted octanol–water partition coefficient (Wildman–Crippen LogP) is 3.79. The van der Waals surface area contributed by atoms with Gasteiger partial charge in [-0.2, -0.15) is 0 Å². The molecule has 1 heterocycles. The van der Waals surface area contributed by atoms with Crippen LogP contribution in [0.3, 0.4) is 0 Å². The molecule has 1 N–H and O–H groups in total. The van der Waals surface area contributed by atoms with Crippen molar-refractivity contribution in [1.82, 2.24) is 0 Å². The molecule has 6 heteroatoms. The van der Waals surface area contributed by atoms with E-state index in [1.54, 1.807) is 0 Å². The van der Waals surface area contributed by atoms with Crippen molar-refractivity contribution in [3.05, 3.63) is 59.7 Å². The standard InChI is InChI=1S/C22H28N2O3S/c1-2-3-8-15-28(26,27)17-22(25)23-20-11-6-4-10-19(20)16-24-14-13-18-9-5-7-12-21(18)24/h4-7,9-12H,2-3,8,13-17H2,1H3,(H,23,25). The topological polar surface area (TPSA) is 66.5 Å². The molecule has 0 aromatic heterocycles. The minimum absolute atomic E-state index is 0.0699. The number of nitrogens with one attached hydrogen (secondary N) is 1. The van der Waals surface area contributed by atoms with Crippen LogP contribution in [-0.2, 0) is 27.6 Å². The van der Waals surface area contributed by atoms with Crippen molar-refractivity contribution in [2.75, 3.05) is 28.3 Å². The number of anilines is 2. The second kappa shape index (κ2) is 9.24. The quantitative estimate of drug-likeness (QED) is 0.650. The number of rotatable bonds is 9. The van der Waals surface area contributed by atoms with Gasteiger partial charge in [0.25, 0.3) is 0 Å². The van der Waals surface area contributed by atoms with Crippen molar-refractivity contribution >= 4 is 27.1 Å². The van der Waals surface area contributed by atoms with Crippen LogP contribution in [0.25, 0.3) is 0 Å². The molecule has 0 aliphatic carbocycles. The van der Waals surface area contributed by atoms with Crippen LogP contribution in [-0.4, -0.2) is 32.4 Å². The van der Waals surface area contributed by atoms with Crippen LogP contribution in [0.2, 0.25) is 0 Å². The fourth-order valence-electron chi connectivity index (χ4n) is 3.59. The first kappa shape index (κ1) is 20.4. The van der Waals surface area contributed by atoms with Gasteiger partial charge in [-0.25, -0.2) is 8.42 Å². The molecular weight excluding hydrogens is 372 g/mol. The number of para-hydroxylation sites is 2. The fourth-order valence-corrected chi connectivity index (χ4v) is 4.85. The summed E-state index contributed by atoms with van der Waals surface area (Å²) in [6.07, 6.45) is 3.44.